The number of rotatable bonds is 47. The minimum absolute atomic E-state index is 0.00307. The van der Waals surface area contributed by atoms with E-state index >= 15 is 0 Å². The first kappa shape index (κ1) is 91.0. The average molecular weight is 1550 g/mol. The second kappa shape index (κ2) is 49.5. The number of epoxide rings is 1. The van der Waals surface area contributed by atoms with E-state index in [0.717, 1.165) is 11.1 Å². The van der Waals surface area contributed by atoms with Crippen LogP contribution in [-0.4, -0.2) is 227 Å². The Morgan fingerprint density at radius 2 is 1.30 bits per heavy atom. The van der Waals surface area contributed by atoms with Gasteiger partial charge in [-0.15, -0.1) is 0 Å². The number of anilines is 1. The van der Waals surface area contributed by atoms with Crippen LogP contribution in [-0.2, 0) is 120 Å². The topological polar surface area (TPSA) is 369 Å². The summed E-state index contributed by atoms with van der Waals surface area (Å²) in [4.78, 5) is 135. The molecule has 2 aliphatic heterocycles. The predicted octanol–water partition coefficient (Wildman–Crippen LogP) is 6.61. The Morgan fingerprint density at radius 1 is 0.706 bits per heavy atom. The Bertz CT molecular complexity index is 3400. The minimum Gasteiger partial charge on any atom is -0.495 e. The Labute approximate surface area is 644 Å². The standard InChI is InChI=1S/C78H112ClN7O23/c1-12-31-105-68(90)27-30-86(67(89)28-32-99-35-36-101-39-40-103-43-44-104-42-41-102-38-37-100-34-33-97-10)29-26-66(88)85-69(52(4)5)74(93)82-54(7)72(91)83-59-23-18-56(19-24-59)49-106-77(96)80-48-55-16-21-58(22-17-55)71-70(109-71)53(6)62-14-13-15-65(87)84-61(47-57-20-25-63(98-11)60(79)46-57)73(92)81-50-78(8,9)76(95)108-64(45-51(2)3)75(94)107-62/h12-13,15-25,46,51-54,61-62,64,69-71H,1,14,26-45,47-50H2,2-11H3,(H,80,96)(H,81,92)(H,82,93)(H,83,91)(H,84,87)(H,85,88)/b15-13+/t53-,54-,61-,62-,64-,69-,70+,71+/m0/s1. The van der Waals surface area contributed by atoms with Gasteiger partial charge in [0, 0.05) is 64.2 Å². The van der Waals surface area contributed by atoms with Crippen LogP contribution in [0.15, 0.2) is 91.5 Å². The molecular weight excluding hydrogens is 1440 g/mol. The average Bonchev–Trinajstić information content (AvgIpc) is 1.63. The number of alkyl carbamates (subject to hydrolysis) is 1. The number of methoxy groups -OCH3 is 2. The van der Waals surface area contributed by atoms with Gasteiger partial charge >= 0.3 is 24.0 Å². The van der Waals surface area contributed by atoms with Gasteiger partial charge in [0.25, 0.3) is 0 Å². The van der Waals surface area contributed by atoms with E-state index in [4.69, 9.17) is 73.2 Å². The molecule has 604 valence electrons. The van der Waals surface area contributed by atoms with E-state index < -0.39 is 107 Å². The van der Waals surface area contributed by atoms with Crippen molar-refractivity contribution in [2.45, 2.75) is 150 Å². The molecule has 3 aromatic carbocycles. The van der Waals surface area contributed by atoms with Gasteiger partial charge in [0.15, 0.2) is 6.10 Å². The molecule has 109 heavy (non-hydrogen) atoms. The van der Waals surface area contributed by atoms with Crippen molar-refractivity contribution in [3.05, 3.63) is 119 Å². The number of carbonyl (C=O) groups is 10. The molecule has 5 rings (SSSR count). The number of ether oxygens (including phenoxy) is 13. The molecule has 31 heteroatoms. The van der Waals surface area contributed by atoms with Gasteiger partial charge in [0.05, 0.1) is 122 Å². The molecule has 0 bridgehead atoms. The van der Waals surface area contributed by atoms with Crippen molar-refractivity contribution in [1.82, 2.24) is 31.5 Å². The third kappa shape index (κ3) is 34.9. The molecule has 0 unspecified atom stereocenters. The van der Waals surface area contributed by atoms with Crippen LogP contribution in [0.1, 0.15) is 116 Å². The Kier molecular flexibility index (Phi) is 41.4. The van der Waals surface area contributed by atoms with E-state index in [1.807, 2.05) is 45.0 Å². The molecule has 1 saturated heterocycles. The summed E-state index contributed by atoms with van der Waals surface area (Å²) in [6.45, 7) is 22.0. The number of carbonyl (C=O) groups excluding carboxylic acids is 10. The van der Waals surface area contributed by atoms with Crippen LogP contribution in [0.4, 0.5) is 10.5 Å². The van der Waals surface area contributed by atoms with E-state index in [0.29, 0.717) is 93.7 Å². The van der Waals surface area contributed by atoms with Crippen LogP contribution >= 0.6 is 11.6 Å². The zero-order valence-corrected chi connectivity index (χ0v) is 65.2. The van der Waals surface area contributed by atoms with Crippen LogP contribution in [0.5, 0.6) is 5.75 Å². The molecule has 0 aromatic heterocycles. The smallest absolute Gasteiger partial charge is 0.407 e. The Hall–Kier alpha value is -8.59. The molecular formula is C78H112ClN7O23. The van der Waals surface area contributed by atoms with Gasteiger partial charge in [-0.2, -0.15) is 0 Å². The zero-order chi connectivity index (χ0) is 79.7. The molecule has 6 N–H and O–H groups in total. The summed E-state index contributed by atoms with van der Waals surface area (Å²) in [5, 5.41) is 16.7. The number of halogens is 1. The summed E-state index contributed by atoms with van der Waals surface area (Å²) in [5.74, 6) is -5.70. The molecule has 7 amide bonds. The van der Waals surface area contributed by atoms with Gasteiger partial charge in [0.1, 0.15) is 49.3 Å². The Balaban J connectivity index is 1.03. The first-order chi connectivity index (χ1) is 52.2. The highest BCUT2D eigenvalue weighted by Gasteiger charge is 2.48. The predicted molar refractivity (Wildman–Crippen MR) is 401 cm³/mol. The largest absolute Gasteiger partial charge is 0.495 e. The first-order valence-electron chi connectivity index (χ1n) is 36.8. The van der Waals surface area contributed by atoms with Gasteiger partial charge in [-0.1, -0.05) is 107 Å². The van der Waals surface area contributed by atoms with Crippen molar-refractivity contribution in [2.75, 3.05) is 132 Å². The van der Waals surface area contributed by atoms with Crippen molar-refractivity contribution in [3.63, 3.8) is 0 Å². The lowest BCUT2D eigenvalue weighted by Gasteiger charge is -2.29. The number of amides is 7. The molecule has 0 saturated carbocycles. The summed E-state index contributed by atoms with van der Waals surface area (Å²) < 4.78 is 71.9. The molecule has 0 aliphatic carbocycles. The number of hydrogen-bond donors (Lipinski definition) is 6. The van der Waals surface area contributed by atoms with Crippen LogP contribution in [0.2, 0.25) is 5.02 Å². The second-order valence-electron chi connectivity index (χ2n) is 27.5. The summed E-state index contributed by atoms with van der Waals surface area (Å²) in [6.07, 6.45) is 0.597. The highest BCUT2D eigenvalue weighted by Crippen LogP contribution is 2.45. The first-order valence-corrected chi connectivity index (χ1v) is 37.2. The van der Waals surface area contributed by atoms with Crippen LogP contribution in [0.25, 0.3) is 0 Å². The molecule has 3 aromatic rings. The van der Waals surface area contributed by atoms with Crippen LogP contribution in [0.3, 0.4) is 0 Å². The lowest BCUT2D eigenvalue weighted by molar-refractivity contribution is -0.179. The van der Waals surface area contributed by atoms with Crippen molar-refractivity contribution >= 4 is 76.7 Å². The monoisotopic (exact) mass is 1550 g/mol. The van der Waals surface area contributed by atoms with Crippen molar-refractivity contribution in [2.24, 2.45) is 23.2 Å². The maximum absolute atomic E-state index is 14.0. The van der Waals surface area contributed by atoms with Crippen molar-refractivity contribution in [3.8, 4) is 5.75 Å². The molecule has 8 atom stereocenters. The normalized spacial score (nSPS) is 18.5. The van der Waals surface area contributed by atoms with E-state index in [2.05, 4.69) is 38.5 Å². The molecule has 0 radical (unpaired) electrons. The fourth-order valence-corrected chi connectivity index (χ4v) is 11.1. The van der Waals surface area contributed by atoms with Gasteiger partial charge in [-0.3, -0.25) is 38.4 Å². The van der Waals surface area contributed by atoms with E-state index in [1.165, 1.54) is 31.1 Å². The van der Waals surface area contributed by atoms with Gasteiger partial charge in [-0.05, 0) is 91.6 Å². The SMILES string of the molecule is C=CCOC(=O)CCN(CCC(=O)N[C@H](C(=O)N[C@@H](C)C(=O)Nc1ccc(COC(=O)NCc2ccc([C@H]3O[C@@H]3[C@@H](C)[C@@H]3C/C=C/C(=O)N[C@@H](Cc4ccc(OC)c(Cl)c4)C(=O)NCC(C)(C)C(=O)O[C@@H](CC(C)C)C(=O)O3)cc2)cc1)C(C)C)C(=O)CCOCCOCCOCCOCCOCCOCCOC. The zero-order valence-electron chi connectivity index (χ0n) is 64.5. The fraction of sp³-hybridized carbons (Fsp3) is 0.590. The molecule has 1 fully saturated rings. The minimum atomic E-state index is -1.29. The van der Waals surface area contributed by atoms with Gasteiger partial charge < -0.3 is 98.4 Å². The van der Waals surface area contributed by atoms with E-state index in [1.54, 1.807) is 83.3 Å². The number of hydrogen-bond acceptors (Lipinski definition) is 23. The Morgan fingerprint density at radius 3 is 1.89 bits per heavy atom. The number of benzene rings is 3. The van der Waals surface area contributed by atoms with Crippen LogP contribution < -0.4 is 36.6 Å². The third-order valence-electron chi connectivity index (χ3n) is 17.3. The maximum Gasteiger partial charge on any atom is 0.407 e. The third-order valence-corrected chi connectivity index (χ3v) is 17.6. The summed E-state index contributed by atoms with van der Waals surface area (Å²) >= 11 is 6.40. The maximum atomic E-state index is 14.0. The number of nitrogens with one attached hydrogen (secondary N) is 6. The number of cyclic esters (lactones) is 2. The van der Waals surface area contributed by atoms with Gasteiger partial charge in [-0.25, -0.2) is 9.59 Å². The summed E-state index contributed by atoms with van der Waals surface area (Å²) in [6, 6.07) is 15.8. The second-order valence-corrected chi connectivity index (χ2v) is 27.9. The molecule has 2 heterocycles. The number of nitrogens with zero attached hydrogens (tertiary/aromatic N) is 1. The summed E-state index contributed by atoms with van der Waals surface area (Å²) in [5.41, 5.74) is 1.95. The number of esters is 3. The quantitative estimate of drug-likeness (QED) is 0.0114. The highest BCUT2D eigenvalue weighted by atomic mass is 35.5. The molecule has 2 aliphatic rings. The molecule has 0 spiro atoms. The summed E-state index contributed by atoms with van der Waals surface area (Å²) in [7, 11) is 3.10. The van der Waals surface area contributed by atoms with E-state index in [-0.39, 0.29) is 116 Å². The van der Waals surface area contributed by atoms with Crippen LogP contribution in [0, 0.1) is 23.2 Å². The fourth-order valence-electron chi connectivity index (χ4n) is 10.8. The lowest BCUT2D eigenvalue weighted by Crippen LogP contribution is -2.54. The highest BCUT2D eigenvalue weighted by molar-refractivity contribution is 6.32. The van der Waals surface area contributed by atoms with Crippen molar-refractivity contribution < 1.29 is 110 Å². The van der Waals surface area contributed by atoms with E-state index in [9.17, 15) is 47.9 Å². The molecule has 30 nitrogen and oxygen atoms in total. The van der Waals surface area contributed by atoms with Gasteiger partial charge in [0.2, 0.25) is 35.4 Å². The lowest BCUT2D eigenvalue weighted by atomic mass is 9.92. The van der Waals surface area contributed by atoms with Crippen molar-refractivity contribution in [1.29, 1.82) is 0 Å².